The average Bonchev–Trinajstić information content (AvgIpc) is 3.89. The number of aromatic hydroxyl groups is 2. The van der Waals surface area contributed by atoms with E-state index in [1.54, 1.807) is 24.3 Å². The maximum absolute atomic E-state index is 10.1. The Balaban J connectivity index is 1.29. The van der Waals surface area contributed by atoms with Crippen LogP contribution in [0.5, 0.6) is 11.5 Å². The van der Waals surface area contributed by atoms with Crippen molar-refractivity contribution in [2.75, 3.05) is 0 Å². The number of benzene rings is 5. The van der Waals surface area contributed by atoms with Gasteiger partial charge in [-0.1, -0.05) is 12.1 Å². The molecular formula is C40H24N2O6. The molecule has 0 radical (unpaired) electrons. The van der Waals surface area contributed by atoms with Gasteiger partial charge in [0.05, 0.1) is 0 Å². The van der Waals surface area contributed by atoms with Gasteiger partial charge in [0.25, 0.3) is 0 Å². The van der Waals surface area contributed by atoms with E-state index in [0.717, 1.165) is 77.3 Å². The fourth-order valence-corrected chi connectivity index (χ4v) is 7.49. The second-order valence-corrected chi connectivity index (χ2v) is 12.7. The SMILES string of the molecule is Cc1ccc2c(c1)oc1c3oc4cc5c(cc4c3n(-c3ccc(O)cc3)c21)oc1c2oc3cc(C)ccc3c2n(-c2ccc(O)cc2)c51. The lowest BCUT2D eigenvalue weighted by molar-refractivity contribution is 0.474. The Hall–Kier alpha value is -6.54. The van der Waals surface area contributed by atoms with E-state index in [-0.39, 0.29) is 11.5 Å². The zero-order valence-electron chi connectivity index (χ0n) is 25.7. The molecule has 48 heavy (non-hydrogen) atoms. The molecule has 8 heteroatoms. The summed E-state index contributed by atoms with van der Waals surface area (Å²) in [6.45, 7) is 4.09. The van der Waals surface area contributed by atoms with Gasteiger partial charge in [0, 0.05) is 32.9 Å². The van der Waals surface area contributed by atoms with Crippen molar-refractivity contribution in [2.24, 2.45) is 0 Å². The molecule has 6 heterocycles. The predicted octanol–water partition coefficient (Wildman–Crippen LogP) is 10.9. The highest BCUT2D eigenvalue weighted by Crippen LogP contribution is 2.48. The van der Waals surface area contributed by atoms with Crippen LogP contribution in [0.4, 0.5) is 0 Å². The number of aromatic nitrogens is 2. The first-order valence-corrected chi connectivity index (χ1v) is 15.7. The second kappa shape index (κ2) is 8.63. The van der Waals surface area contributed by atoms with Gasteiger partial charge in [-0.25, -0.2) is 0 Å². The van der Waals surface area contributed by atoms with Gasteiger partial charge in [0.1, 0.15) is 55.9 Å². The van der Waals surface area contributed by atoms with Crippen LogP contribution in [-0.4, -0.2) is 19.3 Å². The molecule has 5 aromatic carbocycles. The highest BCUT2D eigenvalue weighted by atomic mass is 16.4. The monoisotopic (exact) mass is 628 g/mol. The van der Waals surface area contributed by atoms with Crippen LogP contribution in [0.15, 0.2) is 115 Å². The van der Waals surface area contributed by atoms with Crippen LogP contribution in [-0.2, 0) is 0 Å². The topological polar surface area (TPSA) is 103 Å². The molecule has 0 aliphatic carbocycles. The molecular weight excluding hydrogens is 604 g/mol. The van der Waals surface area contributed by atoms with E-state index in [4.69, 9.17) is 17.7 Å². The van der Waals surface area contributed by atoms with Crippen molar-refractivity contribution >= 4 is 88.3 Å². The van der Waals surface area contributed by atoms with E-state index >= 15 is 0 Å². The molecule has 2 N–H and O–H groups in total. The van der Waals surface area contributed by atoms with Crippen LogP contribution in [0, 0.1) is 13.8 Å². The minimum atomic E-state index is 0.188. The Labute approximate surface area is 269 Å². The normalized spacial score (nSPS) is 12.5. The zero-order chi connectivity index (χ0) is 32.0. The third-order valence-corrected chi connectivity index (χ3v) is 9.61. The lowest BCUT2D eigenvalue weighted by Crippen LogP contribution is -1.93. The smallest absolute Gasteiger partial charge is 0.196 e. The molecule has 0 spiro atoms. The predicted molar refractivity (Wildman–Crippen MR) is 187 cm³/mol. The van der Waals surface area contributed by atoms with Crippen LogP contribution in [0.2, 0.25) is 0 Å². The van der Waals surface area contributed by atoms with Crippen molar-refractivity contribution < 1.29 is 27.9 Å². The van der Waals surface area contributed by atoms with Crippen molar-refractivity contribution in [3.05, 3.63) is 108 Å². The quantitative estimate of drug-likeness (QED) is 0.197. The number of phenolic OH excluding ortho intramolecular Hbond substituents is 2. The number of aryl methyl sites for hydroxylation is 2. The van der Waals surface area contributed by atoms with Gasteiger partial charge >= 0.3 is 0 Å². The second-order valence-electron chi connectivity index (χ2n) is 12.7. The molecule has 6 aromatic heterocycles. The van der Waals surface area contributed by atoms with Gasteiger partial charge in [-0.2, -0.15) is 0 Å². The Kier molecular flexibility index (Phi) is 4.61. The van der Waals surface area contributed by atoms with E-state index in [1.807, 2.05) is 62.4 Å². The van der Waals surface area contributed by atoms with Gasteiger partial charge < -0.3 is 37.0 Å². The summed E-state index contributed by atoms with van der Waals surface area (Å²) in [6.07, 6.45) is 0. The van der Waals surface area contributed by atoms with Crippen LogP contribution in [0.3, 0.4) is 0 Å². The molecule has 0 unspecified atom stereocenters. The van der Waals surface area contributed by atoms with E-state index in [9.17, 15) is 10.2 Å². The summed E-state index contributed by atoms with van der Waals surface area (Å²) in [5.41, 5.74) is 12.9. The van der Waals surface area contributed by atoms with Gasteiger partial charge in [0.15, 0.2) is 22.3 Å². The molecule has 11 rings (SSSR count). The molecule has 230 valence electrons. The number of rotatable bonds is 2. The molecule has 0 bridgehead atoms. The van der Waals surface area contributed by atoms with Crippen molar-refractivity contribution in [2.45, 2.75) is 13.8 Å². The van der Waals surface area contributed by atoms with Crippen molar-refractivity contribution in [1.82, 2.24) is 9.13 Å². The van der Waals surface area contributed by atoms with Gasteiger partial charge in [-0.05, 0) is 110 Å². The lowest BCUT2D eigenvalue weighted by Gasteiger charge is -2.08. The summed E-state index contributed by atoms with van der Waals surface area (Å²) in [7, 11) is 0. The average molecular weight is 629 g/mol. The zero-order valence-corrected chi connectivity index (χ0v) is 25.7. The third kappa shape index (κ3) is 3.18. The van der Waals surface area contributed by atoms with E-state index < -0.39 is 0 Å². The molecule has 0 aliphatic heterocycles. The minimum absolute atomic E-state index is 0.188. The summed E-state index contributed by atoms with van der Waals surface area (Å²) in [5.74, 6) is 0.376. The van der Waals surface area contributed by atoms with Crippen LogP contribution in [0.25, 0.3) is 99.7 Å². The molecule has 0 amide bonds. The highest BCUT2D eigenvalue weighted by molar-refractivity contribution is 6.25. The van der Waals surface area contributed by atoms with E-state index in [2.05, 4.69) is 33.4 Å². The van der Waals surface area contributed by atoms with Gasteiger partial charge in [0.2, 0.25) is 0 Å². The lowest BCUT2D eigenvalue weighted by atomic mass is 10.1. The molecule has 0 saturated heterocycles. The first-order chi connectivity index (χ1) is 23.4. The number of fused-ring (bicyclic) bond motifs is 14. The summed E-state index contributed by atoms with van der Waals surface area (Å²) in [4.78, 5) is 0. The van der Waals surface area contributed by atoms with Crippen molar-refractivity contribution in [3.8, 4) is 22.9 Å². The number of hydrogen-bond donors (Lipinski definition) is 2. The summed E-state index contributed by atoms with van der Waals surface area (Å²) in [5, 5.41) is 23.9. The number of furan rings is 4. The number of phenols is 2. The highest BCUT2D eigenvalue weighted by Gasteiger charge is 2.29. The first kappa shape index (κ1) is 25.6. The van der Waals surface area contributed by atoms with Crippen molar-refractivity contribution in [1.29, 1.82) is 0 Å². The Morgan fingerprint density at radius 2 is 0.729 bits per heavy atom. The summed E-state index contributed by atoms with van der Waals surface area (Å²) >= 11 is 0. The van der Waals surface area contributed by atoms with Crippen LogP contribution < -0.4 is 0 Å². The van der Waals surface area contributed by atoms with E-state index in [1.165, 1.54) is 0 Å². The largest absolute Gasteiger partial charge is 0.508 e. The van der Waals surface area contributed by atoms with Crippen LogP contribution in [0.1, 0.15) is 11.1 Å². The molecule has 0 aliphatic rings. The third-order valence-electron chi connectivity index (χ3n) is 9.61. The Morgan fingerprint density at radius 3 is 1.10 bits per heavy atom. The van der Waals surface area contributed by atoms with Gasteiger partial charge in [-0.3, -0.25) is 0 Å². The molecule has 0 fully saturated rings. The van der Waals surface area contributed by atoms with Crippen molar-refractivity contribution in [3.63, 3.8) is 0 Å². The number of hydrogen-bond acceptors (Lipinski definition) is 6. The fraction of sp³-hybridized carbons (Fsp3) is 0.0500. The summed E-state index contributed by atoms with van der Waals surface area (Å²) in [6, 6.07) is 30.7. The molecule has 0 saturated carbocycles. The Bertz CT molecular complexity index is 2920. The number of nitrogens with zero attached hydrogens (tertiary/aromatic N) is 2. The summed E-state index contributed by atoms with van der Waals surface area (Å²) < 4.78 is 30.7. The molecule has 11 aromatic rings. The maximum atomic E-state index is 10.1. The minimum Gasteiger partial charge on any atom is -0.508 e. The van der Waals surface area contributed by atoms with Crippen LogP contribution >= 0.6 is 0 Å². The molecule has 0 atom stereocenters. The van der Waals surface area contributed by atoms with E-state index in [0.29, 0.717) is 33.5 Å². The van der Waals surface area contributed by atoms with Gasteiger partial charge in [-0.15, -0.1) is 0 Å². The maximum Gasteiger partial charge on any atom is 0.196 e. The first-order valence-electron chi connectivity index (χ1n) is 15.7. The fourth-order valence-electron chi connectivity index (χ4n) is 7.49. The Morgan fingerprint density at radius 1 is 0.396 bits per heavy atom. The standard InChI is InChI=1S/C40H24N2O6/c1-19-3-13-25-29(15-19)45-37-33(25)41(21-5-9-23(43)10-6-21)35-27-17-32-28(18-31(27)47-39(35)37)36-40(48-32)38-34(26-14-4-20(2)16-30(26)46-38)42(36)22-7-11-24(44)12-8-22/h3-18,43-44H,1-2H3. The molecule has 8 nitrogen and oxygen atoms in total.